The molecule has 4 heteroatoms. The Kier molecular flexibility index (Phi) is 5.52. The number of hydrogen-bond acceptors (Lipinski definition) is 2. The third-order valence-electron chi connectivity index (χ3n) is 3.61. The van der Waals surface area contributed by atoms with E-state index in [1.165, 1.54) is 0 Å². The van der Waals surface area contributed by atoms with E-state index in [2.05, 4.69) is 19.2 Å². The summed E-state index contributed by atoms with van der Waals surface area (Å²) in [5.41, 5.74) is 1.13. The average molecular weight is 302 g/mol. The smallest absolute Gasteiger partial charge is 0.0551 e. The molecule has 1 aliphatic rings. The largest absolute Gasteiger partial charge is 0.378 e. The number of hydrogen-bond donors (Lipinski definition) is 1. The minimum Gasteiger partial charge on any atom is -0.378 e. The quantitative estimate of drug-likeness (QED) is 0.867. The van der Waals surface area contributed by atoms with Crippen molar-refractivity contribution in [2.45, 2.75) is 38.8 Å². The molecule has 0 radical (unpaired) electrons. The van der Waals surface area contributed by atoms with Crippen LogP contribution < -0.4 is 5.32 Å². The molecule has 3 atom stereocenters. The molecule has 0 aromatic heterocycles. The maximum Gasteiger partial charge on any atom is 0.0551 e. The van der Waals surface area contributed by atoms with E-state index in [0.717, 1.165) is 36.6 Å². The molecule has 0 saturated carbocycles. The summed E-state index contributed by atoms with van der Waals surface area (Å²) in [6, 6.07) is 6.00. The second-order valence-corrected chi connectivity index (χ2v) is 6.08. The third kappa shape index (κ3) is 3.85. The van der Waals surface area contributed by atoms with Crippen LogP contribution in [0.2, 0.25) is 10.0 Å². The highest BCUT2D eigenvalue weighted by atomic mass is 35.5. The fourth-order valence-electron chi connectivity index (χ4n) is 2.67. The molecule has 0 bridgehead atoms. The predicted octanol–water partition coefficient (Wildman–Crippen LogP) is 4.46. The van der Waals surface area contributed by atoms with Gasteiger partial charge in [0.1, 0.15) is 0 Å². The number of rotatable bonds is 5. The fourth-order valence-corrected chi connectivity index (χ4v) is 3.19. The summed E-state index contributed by atoms with van der Waals surface area (Å²) >= 11 is 12.3. The monoisotopic (exact) mass is 301 g/mol. The van der Waals surface area contributed by atoms with Crippen molar-refractivity contribution in [3.63, 3.8) is 0 Å². The summed E-state index contributed by atoms with van der Waals surface area (Å²) in [4.78, 5) is 0. The molecule has 2 nitrogen and oxygen atoms in total. The van der Waals surface area contributed by atoms with Crippen molar-refractivity contribution in [1.29, 1.82) is 0 Å². The van der Waals surface area contributed by atoms with E-state index in [1.807, 2.05) is 18.2 Å². The Hall–Kier alpha value is -0.280. The zero-order valence-electron chi connectivity index (χ0n) is 11.5. The highest BCUT2D eigenvalue weighted by Gasteiger charge is 2.31. The Morgan fingerprint density at radius 2 is 2.21 bits per heavy atom. The summed E-state index contributed by atoms with van der Waals surface area (Å²) in [5.74, 6) is 0.472. The second-order valence-electron chi connectivity index (χ2n) is 5.24. The highest BCUT2D eigenvalue weighted by Crippen LogP contribution is 2.35. The summed E-state index contributed by atoms with van der Waals surface area (Å²) in [7, 11) is 0. The van der Waals surface area contributed by atoms with E-state index in [1.54, 1.807) is 0 Å². The minimum absolute atomic E-state index is 0.245. The van der Waals surface area contributed by atoms with Crippen LogP contribution >= 0.6 is 23.2 Å². The maximum atomic E-state index is 6.35. The van der Waals surface area contributed by atoms with Crippen LogP contribution in [0.5, 0.6) is 0 Å². The van der Waals surface area contributed by atoms with Crippen molar-refractivity contribution in [3.8, 4) is 0 Å². The fraction of sp³-hybridized carbons (Fsp3) is 0.600. The Bertz CT molecular complexity index is 425. The van der Waals surface area contributed by atoms with E-state index >= 15 is 0 Å². The van der Waals surface area contributed by atoms with Crippen LogP contribution in [0, 0.1) is 5.92 Å². The molecule has 1 saturated heterocycles. The first-order valence-corrected chi connectivity index (χ1v) is 7.67. The van der Waals surface area contributed by atoms with Gasteiger partial charge < -0.3 is 10.1 Å². The number of ether oxygens (including phenoxy) is 1. The lowest BCUT2D eigenvalue weighted by Crippen LogP contribution is -2.29. The SMILES string of the molecule is CCCNC(c1ccc(Cl)cc1Cl)C1COC(C)C1. The van der Waals surface area contributed by atoms with Crippen LogP contribution in [0.25, 0.3) is 0 Å². The van der Waals surface area contributed by atoms with Gasteiger partial charge in [0.25, 0.3) is 0 Å². The standard InChI is InChI=1S/C15H21Cl2NO/c1-3-6-18-15(11-7-10(2)19-9-11)13-5-4-12(16)8-14(13)17/h4-5,8,10-11,15,18H,3,6-7,9H2,1-2H3. The van der Waals surface area contributed by atoms with Crippen LogP contribution in [-0.4, -0.2) is 19.3 Å². The molecule has 106 valence electrons. The van der Waals surface area contributed by atoms with Gasteiger partial charge in [-0.15, -0.1) is 0 Å². The van der Waals surface area contributed by atoms with Crippen molar-refractivity contribution in [2.24, 2.45) is 5.92 Å². The molecule has 0 aliphatic carbocycles. The van der Waals surface area contributed by atoms with Gasteiger partial charge in [-0.3, -0.25) is 0 Å². The molecule has 1 aliphatic heterocycles. The van der Waals surface area contributed by atoms with Gasteiger partial charge in [0.15, 0.2) is 0 Å². The summed E-state index contributed by atoms with van der Waals surface area (Å²) < 4.78 is 5.70. The van der Waals surface area contributed by atoms with Crippen LogP contribution in [0.1, 0.15) is 38.3 Å². The highest BCUT2D eigenvalue weighted by molar-refractivity contribution is 6.35. The molecule has 1 fully saturated rings. The molecule has 1 N–H and O–H groups in total. The maximum absolute atomic E-state index is 6.35. The van der Waals surface area contributed by atoms with E-state index < -0.39 is 0 Å². The summed E-state index contributed by atoms with van der Waals surface area (Å²) in [5, 5.41) is 5.02. The predicted molar refractivity (Wildman–Crippen MR) is 81.0 cm³/mol. The van der Waals surface area contributed by atoms with Crippen LogP contribution in [0.3, 0.4) is 0 Å². The number of benzene rings is 1. The van der Waals surface area contributed by atoms with E-state index in [-0.39, 0.29) is 6.04 Å². The Morgan fingerprint density at radius 1 is 1.42 bits per heavy atom. The molecule has 1 heterocycles. The van der Waals surface area contributed by atoms with Crippen molar-refractivity contribution in [2.75, 3.05) is 13.2 Å². The summed E-state index contributed by atoms with van der Waals surface area (Å²) in [6.45, 7) is 6.07. The van der Waals surface area contributed by atoms with Gasteiger partial charge in [-0.1, -0.05) is 36.2 Å². The van der Waals surface area contributed by atoms with Gasteiger partial charge >= 0.3 is 0 Å². The zero-order valence-corrected chi connectivity index (χ0v) is 13.0. The van der Waals surface area contributed by atoms with Crippen molar-refractivity contribution >= 4 is 23.2 Å². The molecule has 2 rings (SSSR count). The summed E-state index contributed by atoms with van der Waals surface area (Å²) in [6.07, 6.45) is 2.51. The van der Waals surface area contributed by atoms with Crippen LogP contribution in [0.4, 0.5) is 0 Å². The van der Waals surface area contributed by atoms with Gasteiger partial charge in [0, 0.05) is 22.0 Å². The molecule has 19 heavy (non-hydrogen) atoms. The lowest BCUT2D eigenvalue weighted by Gasteiger charge is -2.25. The Morgan fingerprint density at radius 3 is 2.79 bits per heavy atom. The van der Waals surface area contributed by atoms with Gasteiger partial charge in [-0.25, -0.2) is 0 Å². The number of nitrogens with one attached hydrogen (secondary N) is 1. The van der Waals surface area contributed by atoms with E-state index in [0.29, 0.717) is 17.0 Å². The molecular formula is C15H21Cl2NO. The zero-order chi connectivity index (χ0) is 13.8. The molecular weight excluding hydrogens is 281 g/mol. The van der Waals surface area contributed by atoms with Crippen molar-refractivity contribution < 1.29 is 4.74 Å². The molecule has 3 unspecified atom stereocenters. The van der Waals surface area contributed by atoms with Gasteiger partial charge in [0.2, 0.25) is 0 Å². The molecule has 0 amide bonds. The minimum atomic E-state index is 0.245. The average Bonchev–Trinajstić information content (AvgIpc) is 2.78. The van der Waals surface area contributed by atoms with Crippen LogP contribution in [-0.2, 0) is 4.74 Å². The first-order chi connectivity index (χ1) is 9.11. The van der Waals surface area contributed by atoms with Crippen molar-refractivity contribution in [3.05, 3.63) is 33.8 Å². The first-order valence-electron chi connectivity index (χ1n) is 6.91. The van der Waals surface area contributed by atoms with Crippen LogP contribution in [0.15, 0.2) is 18.2 Å². The second kappa shape index (κ2) is 6.94. The van der Waals surface area contributed by atoms with Gasteiger partial charge in [-0.05, 0) is 44.0 Å². The third-order valence-corrected chi connectivity index (χ3v) is 4.18. The topological polar surface area (TPSA) is 21.3 Å². The van der Waals surface area contributed by atoms with Gasteiger partial charge in [0.05, 0.1) is 12.7 Å². The van der Waals surface area contributed by atoms with E-state index in [9.17, 15) is 0 Å². The Labute approximate surface area is 125 Å². The number of halogens is 2. The van der Waals surface area contributed by atoms with Gasteiger partial charge in [-0.2, -0.15) is 0 Å². The molecule has 0 spiro atoms. The normalized spacial score (nSPS) is 24.6. The lowest BCUT2D eigenvalue weighted by molar-refractivity contribution is 0.117. The van der Waals surface area contributed by atoms with E-state index in [4.69, 9.17) is 27.9 Å². The first kappa shape index (κ1) is 15.1. The lowest BCUT2D eigenvalue weighted by atomic mass is 9.91. The molecule has 1 aromatic carbocycles. The Balaban J connectivity index is 2.21. The molecule has 1 aromatic rings. The van der Waals surface area contributed by atoms with Crippen molar-refractivity contribution in [1.82, 2.24) is 5.32 Å².